The first kappa shape index (κ1) is 17.5. The molecule has 1 rings (SSSR count). The number of amides is 1. The van der Waals surface area contributed by atoms with Gasteiger partial charge >= 0.3 is 5.97 Å². The zero-order valence-electron chi connectivity index (χ0n) is 10.6. The molecule has 0 spiro atoms. The highest BCUT2D eigenvalue weighted by Gasteiger charge is 2.20. The zero-order chi connectivity index (χ0) is 12.5. The Morgan fingerprint density at radius 3 is 2.72 bits per heavy atom. The lowest BCUT2D eigenvalue weighted by atomic mass is 10.4. The highest BCUT2D eigenvalue weighted by Crippen LogP contribution is 2.27. The largest absolute Gasteiger partial charge is 0.468 e. The molecule has 1 amide bonds. The summed E-state index contributed by atoms with van der Waals surface area (Å²) in [6.45, 7) is 1.92. The average molecular weight is 297 g/mol. The fourth-order valence-corrected chi connectivity index (χ4v) is 1.93. The molecule has 0 unspecified atom stereocenters. The maximum Gasteiger partial charge on any atom is 0.315 e. The molecule has 0 heterocycles. The molecule has 0 aliphatic heterocycles. The molecule has 0 saturated heterocycles. The molecule has 5 nitrogen and oxygen atoms in total. The third kappa shape index (κ3) is 9.56. The molecule has 0 radical (unpaired) electrons. The first-order valence-electron chi connectivity index (χ1n) is 5.84. The van der Waals surface area contributed by atoms with Gasteiger partial charge in [-0.25, -0.2) is 0 Å². The summed E-state index contributed by atoms with van der Waals surface area (Å²) in [5, 5.41) is 5.92. The Labute approximate surface area is 118 Å². The van der Waals surface area contributed by atoms with E-state index < -0.39 is 0 Å². The Kier molecular flexibility index (Phi) is 10.2. The Morgan fingerprint density at radius 1 is 1.39 bits per heavy atom. The van der Waals surface area contributed by atoms with Gasteiger partial charge in [0.15, 0.2) is 0 Å². The van der Waals surface area contributed by atoms with Crippen molar-refractivity contribution in [2.24, 2.45) is 5.92 Å². The molecule has 106 valence electrons. The van der Waals surface area contributed by atoms with E-state index in [0.717, 1.165) is 18.2 Å². The van der Waals surface area contributed by atoms with Crippen LogP contribution in [0.4, 0.5) is 0 Å². The summed E-state index contributed by atoms with van der Waals surface area (Å²) in [7, 11) is 1.37. The lowest BCUT2D eigenvalue weighted by Crippen LogP contribution is -2.35. The number of carbonyl (C=O) groups excluding carboxylic acids is 2. The van der Waals surface area contributed by atoms with Crippen LogP contribution in [-0.4, -0.2) is 50.1 Å². The van der Waals surface area contributed by atoms with E-state index >= 15 is 0 Å². The van der Waals surface area contributed by atoms with Crippen molar-refractivity contribution in [3.8, 4) is 0 Å². The second-order valence-electron chi connectivity index (χ2n) is 4.05. The third-order valence-corrected chi connectivity index (χ3v) is 3.36. The van der Waals surface area contributed by atoms with Crippen LogP contribution in [0.3, 0.4) is 0 Å². The molecule has 7 heteroatoms. The van der Waals surface area contributed by atoms with Gasteiger partial charge in [0, 0.05) is 12.3 Å². The number of ether oxygens (including phenoxy) is 1. The Hall–Kier alpha value is -0.460. The van der Waals surface area contributed by atoms with Crippen LogP contribution in [0.25, 0.3) is 0 Å². The third-order valence-electron chi connectivity index (χ3n) is 2.43. The van der Waals surface area contributed by atoms with Gasteiger partial charge < -0.3 is 15.4 Å². The van der Waals surface area contributed by atoms with Crippen LogP contribution in [0.1, 0.15) is 12.8 Å². The minimum absolute atomic E-state index is 0. The van der Waals surface area contributed by atoms with E-state index in [9.17, 15) is 9.59 Å². The first-order valence-corrected chi connectivity index (χ1v) is 7.00. The molecular weight excluding hydrogens is 276 g/mol. The predicted molar refractivity (Wildman–Crippen MR) is 75.2 cm³/mol. The Morgan fingerprint density at radius 2 is 2.11 bits per heavy atom. The molecule has 18 heavy (non-hydrogen) atoms. The number of hydrogen-bond donors (Lipinski definition) is 2. The van der Waals surface area contributed by atoms with E-state index in [0.29, 0.717) is 18.8 Å². The number of esters is 1. The second-order valence-corrected chi connectivity index (χ2v) is 5.16. The van der Waals surface area contributed by atoms with Gasteiger partial charge in [-0.2, -0.15) is 0 Å². The molecule has 0 aromatic rings. The molecule has 1 fully saturated rings. The summed E-state index contributed by atoms with van der Waals surface area (Å²) in [4.78, 5) is 22.1. The minimum Gasteiger partial charge on any atom is -0.468 e. The van der Waals surface area contributed by atoms with Gasteiger partial charge in [0.2, 0.25) is 5.91 Å². The Bertz CT molecular complexity index is 263. The first-order chi connectivity index (χ1) is 8.22. The van der Waals surface area contributed by atoms with Gasteiger partial charge in [-0.05, 0) is 25.3 Å². The summed E-state index contributed by atoms with van der Waals surface area (Å²) in [6.07, 6.45) is 2.58. The fraction of sp³-hybridized carbons (Fsp3) is 0.818. The topological polar surface area (TPSA) is 67.4 Å². The highest BCUT2D eigenvalue weighted by atomic mass is 35.5. The van der Waals surface area contributed by atoms with Crippen LogP contribution in [0.15, 0.2) is 0 Å². The normalized spacial score (nSPS) is 13.6. The van der Waals surface area contributed by atoms with Gasteiger partial charge in [0.05, 0.1) is 19.4 Å². The van der Waals surface area contributed by atoms with Crippen molar-refractivity contribution in [1.29, 1.82) is 0 Å². The summed E-state index contributed by atoms with van der Waals surface area (Å²) >= 11 is 1.46. The van der Waals surface area contributed by atoms with E-state index in [4.69, 9.17) is 0 Å². The highest BCUT2D eigenvalue weighted by molar-refractivity contribution is 7.99. The smallest absolute Gasteiger partial charge is 0.315 e. The molecule has 0 aromatic carbocycles. The summed E-state index contributed by atoms with van der Waals surface area (Å²) in [5.74, 6) is 1.64. The van der Waals surface area contributed by atoms with Gasteiger partial charge in [-0.15, -0.1) is 24.2 Å². The molecule has 1 aliphatic rings. The van der Waals surface area contributed by atoms with Crippen LogP contribution in [-0.2, 0) is 14.3 Å². The summed E-state index contributed by atoms with van der Waals surface area (Å²) in [6, 6.07) is 0. The van der Waals surface area contributed by atoms with Crippen molar-refractivity contribution >= 4 is 36.0 Å². The number of hydrogen-bond acceptors (Lipinski definition) is 5. The van der Waals surface area contributed by atoms with Gasteiger partial charge in [-0.3, -0.25) is 9.59 Å². The van der Waals surface area contributed by atoms with Crippen molar-refractivity contribution < 1.29 is 14.3 Å². The number of methoxy groups -OCH3 is 1. The standard InChI is InChI=1S/C11H20N2O3S.ClH/c1-16-11(15)8-17-5-4-13-10(14)7-12-6-9-2-3-9;/h9,12H,2-8H2,1H3,(H,13,14);1H. The van der Waals surface area contributed by atoms with Crippen LogP contribution in [0.5, 0.6) is 0 Å². The number of nitrogens with one attached hydrogen (secondary N) is 2. The number of carbonyl (C=O) groups is 2. The molecule has 0 aromatic heterocycles. The SMILES string of the molecule is COC(=O)CSCCNC(=O)CNCC1CC1.Cl. The molecule has 0 bridgehead atoms. The fourth-order valence-electron chi connectivity index (χ4n) is 1.25. The van der Waals surface area contributed by atoms with Gasteiger partial charge in [-0.1, -0.05) is 0 Å². The minimum atomic E-state index is -0.229. The van der Waals surface area contributed by atoms with Gasteiger partial charge in [0.1, 0.15) is 0 Å². The predicted octanol–water partition coefficient (Wildman–Crippen LogP) is 0.430. The number of rotatable bonds is 9. The van der Waals surface area contributed by atoms with Crippen molar-refractivity contribution in [3.63, 3.8) is 0 Å². The zero-order valence-corrected chi connectivity index (χ0v) is 12.2. The maximum absolute atomic E-state index is 11.3. The molecule has 1 saturated carbocycles. The van der Waals surface area contributed by atoms with E-state index in [-0.39, 0.29) is 24.3 Å². The van der Waals surface area contributed by atoms with Crippen molar-refractivity contribution in [2.75, 3.05) is 38.2 Å². The van der Waals surface area contributed by atoms with E-state index in [1.54, 1.807) is 0 Å². The van der Waals surface area contributed by atoms with Crippen molar-refractivity contribution in [1.82, 2.24) is 10.6 Å². The number of halogens is 1. The number of thioether (sulfide) groups is 1. The molecule has 0 atom stereocenters. The van der Waals surface area contributed by atoms with Crippen LogP contribution in [0.2, 0.25) is 0 Å². The van der Waals surface area contributed by atoms with Crippen molar-refractivity contribution in [3.05, 3.63) is 0 Å². The molecule has 1 aliphatic carbocycles. The monoisotopic (exact) mass is 296 g/mol. The van der Waals surface area contributed by atoms with Crippen LogP contribution in [0, 0.1) is 5.92 Å². The summed E-state index contributed by atoms with van der Waals surface area (Å²) in [5.41, 5.74) is 0. The maximum atomic E-state index is 11.3. The lowest BCUT2D eigenvalue weighted by molar-refractivity contribution is -0.137. The average Bonchev–Trinajstić information content (AvgIpc) is 3.12. The van der Waals surface area contributed by atoms with E-state index in [1.165, 1.54) is 31.7 Å². The lowest BCUT2D eigenvalue weighted by Gasteiger charge is -2.05. The summed E-state index contributed by atoms with van der Waals surface area (Å²) < 4.78 is 4.50. The van der Waals surface area contributed by atoms with Crippen LogP contribution < -0.4 is 10.6 Å². The Balaban J connectivity index is 0.00000289. The van der Waals surface area contributed by atoms with Crippen LogP contribution >= 0.6 is 24.2 Å². The van der Waals surface area contributed by atoms with E-state index in [1.807, 2.05) is 0 Å². The molecular formula is C11H21ClN2O3S. The van der Waals surface area contributed by atoms with E-state index in [2.05, 4.69) is 15.4 Å². The molecule has 2 N–H and O–H groups in total. The second kappa shape index (κ2) is 10.5. The van der Waals surface area contributed by atoms with Gasteiger partial charge in [0.25, 0.3) is 0 Å². The quantitative estimate of drug-likeness (QED) is 0.477. The van der Waals surface area contributed by atoms with Crippen molar-refractivity contribution in [2.45, 2.75) is 12.8 Å².